The van der Waals surface area contributed by atoms with Crippen LogP contribution in [0.15, 0.2) is 18.2 Å². The van der Waals surface area contributed by atoms with E-state index in [9.17, 15) is 5.11 Å². The zero-order valence-electron chi connectivity index (χ0n) is 9.38. The highest BCUT2D eigenvalue weighted by atomic mass is 35.5. The van der Waals surface area contributed by atoms with E-state index in [1.54, 1.807) is 0 Å². The minimum Gasteiger partial charge on any atom is -0.396 e. The summed E-state index contributed by atoms with van der Waals surface area (Å²) in [6.45, 7) is 2.64. The second-order valence-corrected chi connectivity index (χ2v) is 5.27. The molecule has 0 unspecified atom stereocenters. The van der Waals surface area contributed by atoms with Crippen molar-refractivity contribution in [3.8, 4) is 0 Å². The van der Waals surface area contributed by atoms with E-state index in [-0.39, 0.29) is 12.0 Å². The molecule has 0 aromatic heterocycles. The molecule has 17 heavy (non-hydrogen) atoms. The number of ether oxygens (including phenoxy) is 1. The summed E-state index contributed by atoms with van der Waals surface area (Å²) in [6, 6.07) is 5.46. The third kappa shape index (κ3) is 2.92. The fraction of sp³-hybridized carbons (Fsp3) is 0.500. The fourth-order valence-corrected chi connectivity index (χ4v) is 2.32. The summed E-state index contributed by atoms with van der Waals surface area (Å²) < 4.78 is 5.13. The van der Waals surface area contributed by atoms with E-state index < -0.39 is 0 Å². The van der Waals surface area contributed by atoms with E-state index in [4.69, 9.17) is 27.9 Å². The first-order chi connectivity index (χ1) is 8.17. The number of rotatable bonds is 5. The molecule has 1 fully saturated rings. The average molecular weight is 276 g/mol. The summed E-state index contributed by atoms with van der Waals surface area (Å²) in [5.41, 5.74) is 0.762. The molecule has 1 aliphatic rings. The highest BCUT2D eigenvalue weighted by molar-refractivity contribution is 6.35. The van der Waals surface area contributed by atoms with Crippen LogP contribution in [0.2, 0.25) is 10.0 Å². The number of hydrogen-bond acceptors (Lipinski definition) is 3. The van der Waals surface area contributed by atoms with Gasteiger partial charge in [0.1, 0.15) is 0 Å². The van der Waals surface area contributed by atoms with Crippen LogP contribution in [0.4, 0.5) is 0 Å². The molecule has 1 saturated heterocycles. The van der Waals surface area contributed by atoms with E-state index in [0.29, 0.717) is 36.3 Å². The van der Waals surface area contributed by atoms with Gasteiger partial charge < -0.3 is 15.2 Å². The summed E-state index contributed by atoms with van der Waals surface area (Å²) >= 11 is 12.1. The molecule has 0 spiro atoms. The average Bonchev–Trinajstić information content (AvgIpc) is 2.26. The van der Waals surface area contributed by atoms with Crippen LogP contribution in [0, 0.1) is 5.41 Å². The molecule has 94 valence electrons. The molecule has 0 atom stereocenters. The number of halogens is 2. The van der Waals surface area contributed by atoms with Crippen molar-refractivity contribution in [3.63, 3.8) is 0 Å². The Morgan fingerprint density at radius 2 is 1.94 bits per heavy atom. The Kier molecular flexibility index (Phi) is 4.28. The maximum atomic E-state index is 9.27. The zero-order valence-corrected chi connectivity index (χ0v) is 10.9. The van der Waals surface area contributed by atoms with E-state index in [2.05, 4.69) is 5.32 Å². The first-order valence-electron chi connectivity index (χ1n) is 5.49. The molecule has 1 aromatic rings. The van der Waals surface area contributed by atoms with Gasteiger partial charge in [0.15, 0.2) is 0 Å². The molecule has 0 bridgehead atoms. The van der Waals surface area contributed by atoms with Gasteiger partial charge >= 0.3 is 0 Å². The van der Waals surface area contributed by atoms with Gasteiger partial charge in [-0.2, -0.15) is 0 Å². The molecule has 1 aliphatic heterocycles. The molecule has 0 amide bonds. The summed E-state index contributed by atoms with van der Waals surface area (Å²) in [5.74, 6) is 0. The normalized spacial score (nSPS) is 17.8. The van der Waals surface area contributed by atoms with Crippen molar-refractivity contribution in [3.05, 3.63) is 33.8 Å². The standard InChI is InChI=1S/C12H15Cl2NO2/c13-10-2-1-3-11(14)9(10)4-15-5-12(6-16)7-17-8-12/h1-3,15-16H,4-8H2. The summed E-state index contributed by atoms with van der Waals surface area (Å²) in [4.78, 5) is 0. The molecular formula is C12H15Cl2NO2. The molecule has 0 aliphatic carbocycles. The topological polar surface area (TPSA) is 41.5 Å². The van der Waals surface area contributed by atoms with Crippen molar-refractivity contribution in [2.45, 2.75) is 6.54 Å². The van der Waals surface area contributed by atoms with Crippen LogP contribution >= 0.6 is 23.2 Å². The van der Waals surface area contributed by atoms with Crippen LogP contribution in [-0.2, 0) is 11.3 Å². The van der Waals surface area contributed by atoms with E-state index >= 15 is 0 Å². The lowest BCUT2D eigenvalue weighted by atomic mass is 9.87. The summed E-state index contributed by atoms with van der Waals surface area (Å²) in [5, 5.41) is 13.9. The first-order valence-corrected chi connectivity index (χ1v) is 6.25. The Labute approximate surface area is 111 Å². The Morgan fingerprint density at radius 1 is 1.29 bits per heavy atom. The molecule has 1 aromatic carbocycles. The number of hydrogen-bond donors (Lipinski definition) is 2. The van der Waals surface area contributed by atoms with Gasteiger partial charge in [-0.05, 0) is 12.1 Å². The smallest absolute Gasteiger partial charge is 0.0579 e. The second kappa shape index (κ2) is 5.55. The van der Waals surface area contributed by atoms with Crippen LogP contribution < -0.4 is 5.32 Å². The monoisotopic (exact) mass is 275 g/mol. The van der Waals surface area contributed by atoms with Crippen molar-refractivity contribution in [1.82, 2.24) is 5.32 Å². The van der Waals surface area contributed by atoms with E-state index in [1.807, 2.05) is 18.2 Å². The predicted molar refractivity (Wildman–Crippen MR) is 68.5 cm³/mol. The zero-order chi connectivity index (χ0) is 12.3. The van der Waals surface area contributed by atoms with Crippen molar-refractivity contribution in [2.24, 2.45) is 5.41 Å². The van der Waals surface area contributed by atoms with Gasteiger partial charge in [0, 0.05) is 28.7 Å². The lowest BCUT2D eigenvalue weighted by molar-refractivity contribution is -0.134. The van der Waals surface area contributed by atoms with Gasteiger partial charge in [0.05, 0.1) is 25.2 Å². The van der Waals surface area contributed by atoms with Gasteiger partial charge in [0.2, 0.25) is 0 Å². The molecule has 5 heteroatoms. The van der Waals surface area contributed by atoms with Gasteiger partial charge in [-0.1, -0.05) is 29.3 Å². The Balaban J connectivity index is 1.90. The fourth-order valence-electron chi connectivity index (χ4n) is 1.79. The van der Waals surface area contributed by atoms with Gasteiger partial charge in [0.25, 0.3) is 0 Å². The minimum atomic E-state index is -0.131. The first kappa shape index (κ1) is 13.1. The van der Waals surface area contributed by atoms with Gasteiger partial charge in [-0.3, -0.25) is 0 Å². The van der Waals surface area contributed by atoms with Gasteiger partial charge in [-0.25, -0.2) is 0 Å². The van der Waals surface area contributed by atoms with Crippen LogP contribution in [0.5, 0.6) is 0 Å². The van der Waals surface area contributed by atoms with Crippen LogP contribution in [0.1, 0.15) is 5.56 Å². The third-order valence-electron chi connectivity index (χ3n) is 3.02. The Morgan fingerprint density at radius 3 is 2.41 bits per heavy atom. The highest BCUT2D eigenvalue weighted by Gasteiger charge is 2.37. The van der Waals surface area contributed by atoms with Crippen molar-refractivity contribution in [1.29, 1.82) is 0 Å². The highest BCUT2D eigenvalue weighted by Crippen LogP contribution is 2.27. The maximum Gasteiger partial charge on any atom is 0.0579 e. The SMILES string of the molecule is OCC1(CNCc2c(Cl)cccc2Cl)COC1. The molecular weight excluding hydrogens is 261 g/mol. The Bertz CT molecular complexity index is 368. The largest absolute Gasteiger partial charge is 0.396 e. The third-order valence-corrected chi connectivity index (χ3v) is 3.72. The van der Waals surface area contributed by atoms with E-state index in [0.717, 1.165) is 5.56 Å². The van der Waals surface area contributed by atoms with Gasteiger partial charge in [-0.15, -0.1) is 0 Å². The Hall–Kier alpha value is -0.320. The minimum absolute atomic E-state index is 0.131. The molecule has 0 radical (unpaired) electrons. The number of aliphatic hydroxyl groups excluding tert-OH is 1. The molecule has 0 saturated carbocycles. The second-order valence-electron chi connectivity index (χ2n) is 4.45. The lowest BCUT2D eigenvalue weighted by Crippen LogP contribution is -2.52. The molecule has 2 N–H and O–H groups in total. The number of nitrogens with one attached hydrogen (secondary N) is 1. The maximum absolute atomic E-state index is 9.27. The van der Waals surface area contributed by atoms with Crippen molar-refractivity contribution >= 4 is 23.2 Å². The molecule has 2 rings (SSSR count). The van der Waals surface area contributed by atoms with Crippen molar-refractivity contribution < 1.29 is 9.84 Å². The predicted octanol–water partition coefficient (Wildman–Crippen LogP) is 2.09. The van der Waals surface area contributed by atoms with E-state index in [1.165, 1.54) is 0 Å². The number of benzene rings is 1. The summed E-state index contributed by atoms with van der Waals surface area (Å²) in [7, 11) is 0. The van der Waals surface area contributed by atoms with Crippen LogP contribution in [-0.4, -0.2) is 31.5 Å². The quantitative estimate of drug-likeness (QED) is 0.865. The summed E-state index contributed by atoms with van der Waals surface area (Å²) in [6.07, 6.45) is 0. The number of aliphatic hydroxyl groups is 1. The van der Waals surface area contributed by atoms with Crippen LogP contribution in [0.3, 0.4) is 0 Å². The lowest BCUT2D eigenvalue weighted by Gasteiger charge is -2.40. The molecule has 1 heterocycles. The van der Waals surface area contributed by atoms with Crippen molar-refractivity contribution in [2.75, 3.05) is 26.4 Å². The van der Waals surface area contributed by atoms with Crippen LogP contribution in [0.25, 0.3) is 0 Å². The molecule has 3 nitrogen and oxygen atoms in total.